The summed E-state index contributed by atoms with van der Waals surface area (Å²) in [5.41, 5.74) is 4.31. The lowest BCUT2D eigenvalue weighted by atomic mass is 10.1. The third-order valence-electron chi connectivity index (χ3n) is 2.89. The fourth-order valence-corrected chi connectivity index (χ4v) is 1.82. The van der Waals surface area contributed by atoms with Gasteiger partial charge in [-0.3, -0.25) is 9.79 Å². The molecule has 2 rings (SSSR count). The molecule has 2 aromatic rings. The molecule has 0 spiro atoms. The van der Waals surface area contributed by atoms with Crippen LogP contribution < -0.4 is 11.3 Å². The monoisotopic (exact) mass is 267 g/mol. The topological polar surface area (TPSA) is 67.5 Å². The van der Waals surface area contributed by atoms with E-state index in [4.69, 9.17) is 5.84 Å². The van der Waals surface area contributed by atoms with Crippen LogP contribution in [0, 0.1) is 0 Å². The number of hydrogen-bond donors (Lipinski definition) is 2. The van der Waals surface area contributed by atoms with E-state index in [-0.39, 0.29) is 12.3 Å². The highest BCUT2D eigenvalue weighted by Crippen LogP contribution is 2.02. The minimum atomic E-state index is -0.0218. The van der Waals surface area contributed by atoms with Crippen molar-refractivity contribution in [2.75, 3.05) is 6.54 Å². The second-order valence-electron chi connectivity index (χ2n) is 4.36. The number of carbonyl (C=O) groups excluding carboxylic acids is 1. The highest BCUT2D eigenvalue weighted by molar-refractivity contribution is 5.99. The number of nitrogens with zero attached hydrogens (tertiary/aromatic N) is 1. The Kier molecular flexibility index (Phi) is 5.03. The Morgan fingerprint density at radius 2 is 1.60 bits per heavy atom. The third kappa shape index (κ3) is 4.03. The predicted octanol–water partition coefficient (Wildman–Crippen LogP) is 1.97. The first-order chi connectivity index (χ1) is 9.79. The minimum Gasteiger partial charge on any atom is -0.312 e. The van der Waals surface area contributed by atoms with Crippen LogP contribution in [0.3, 0.4) is 0 Å². The molecule has 0 saturated heterocycles. The van der Waals surface area contributed by atoms with Crippen molar-refractivity contribution in [2.45, 2.75) is 6.42 Å². The molecule has 20 heavy (non-hydrogen) atoms. The molecule has 0 aromatic heterocycles. The Morgan fingerprint density at radius 3 is 2.20 bits per heavy atom. The fourth-order valence-electron chi connectivity index (χ4n) is 1.82. The zero-order chi connectivity index (χ0) is 14.2. The number of hydrogen-bond acceptors (Lipinski definition) is 3. The molecule has 4 nitrogen and oxygen atoms in total. The van der Waals surface area contributed by atoms with Crippen molar-refractivity contribution in [2.24, 2.45) is 10.8 Å². The lowest BCUT2D eigenvalue weighted by molar-refractivity contribution is 0.100. The van der Waals surface area contributed by atoms with E-state index in [0.29, 0.717) is 17.8 Å². The van der Waals surface area contributed by atoms with Gasteiger partial charge in [0.1, 0.15) is 12.4 Å². The van der Waals surface area contributed by atoms with Crippen LogP contribution in [0.1, 0.15) is 15.9 Å². The Morgan fingerprint density at radius 1 is 1.00 bits per heavy atom. The van der Waals surface area contributed by atoms with Crippen molar-refractivity contribution in [3.63, 3.8) is 0 Å². The molecule has 0 radical (unpaired) electrons. The summed E-state index contributed by atoms with van der Waals surface area (Å²) in [4.78, 5) is 16.2. The van der Waals surface area contributed by atoms with Crippen LogP contribution in [0.2, 0.25) is 0 Å². The van der Waals surface area contributed by atoms with Crippen LogP contribution in [0.4, 0.5) is 0 Å². The summed E-state index contributed by atoms with van der Waals surface area (Å²) in [6.07, 6.45) is 0.583. The van der Waals surface area contributed by atoms with Gasteiger partial charge in [0.2, 0.25) is 0 Å². The van der Waals surface area contributed by atoms with E-state index >= 15 is 0 Å². The van der Waals surface area contributed by atoms with E-state index in [1.165, 1.54) is 0 Å². The number of benzene rings is 2. The highest BCUT2D eigenvalue weighted by atomic mass is 16.1. The first kappa shape index (κ1) is 14.0. The van der Waals surface area contributed by atoms with Crippen molar-refractivity contribution in [1.29, 1.82) is 0 Å². The summed E-state index contributed by atoms with van der Waals surface area (Å²) in [6, 6.07) is 19.0. The molecule has 0 amide bonds. The Bertz CT molecular complexity index is 579. The highest BCUT2D eigenvalue weighted by Gasteiger charge is 2.05. The third-order valence-corrected chi connectivity index (χ3v) is 2.89. The quantitative estimate of drug-likeness (QED) is 0.286. The van der Waals surface area contributed by atoms with Gasteiger partial charge in [0.25, 0.3) is 0 Å². The lowest BCUT2D eigenvalue weighted by Crippen LogP contribution is -2.32. The Balaban J connectivity index is 1.99. The van der Waals surface area contributed by atoms with Gasteiger partial charge >= 0.3 is 0 Å². The maximum absolute atomic E-state index is 11.9. The standard InChI is InChI=1S/C16H17N3O/c17-19-16(11-13-7-3-1-4-8-13)18-12-15(20)14-9-5-2-6-10-14/h1-10H,11-12,17H2,(H,18,19). The molecule has 0 aliphatic carbocycles. The summed E-state index contributed by atoms with van der Waals surface area (Å²) >= 11 is 0. The van der Waals surface area contributed by atoms with Gasteiger partial charge in [-0.1, -0.05) is 60.7 Å². The molecule has 3 N–H and O–H groups in total. The van der Waals surface area contributed by atoms with Crippen LogP contribution in [0.15, 0.2) is 65.7 Å². The molecule has 2 aromatic carbocycles. The van der Waals surface area contributed by atoms with E-state index in [9.17, 15) is 4.79 Å². The van der Waals surface area contributed by atoms with Crippen molar-refractivity contribution in [3.05, 3.63) is 71.8 Å². The van der Waals surface area contributed by atoms with Gasteiger partial charge in [-0.25, -0.2) is 5.84 Å². The first-order valence-corrected chi connectivity index (χ1v) is 6.41. The molecule has 4 heteroatoms. The van der Waals surface area contributed by atoms with E-state index in [1.54, 1.807) is 12.1 Å². The Hall–Kier alpha value is -2.46. The van der Waals surface area contributed by atoms with Crippen molar-refractivity contribution in [3.8, 4) is 0 Å². The molecular formula is C16H17N3O. The second-order valence-corrected chi connectivity index (χ2v) is 4.36. The summed E-state index contributed by atoms with van der Waals surface area (Å²) in [5.74, 6) is 6.03. The average Bonchev–Trinajstić information content (AvgIpc) is 2.53. The van der Waals surface area contributed by atoms with Crippen LogP contribution in [0.25, 0.3) is 0 Å². The van der Waals surface area contributed by atoms with Crippen LogP contribution in [-0.4, -0.2) is 18.2 Å². The largest absolute Gasteiger partial charge is 0.312 e. The zero-order valence-electron chi connectivity index (χ0n) is 11.1. The number of ketones is 1. The van der Waals surface area contributed by atoms with Gasteiger partial charge in [-0.2, -0.15) is 0 Å². The summed E-state index contributed by atoms with van der Waals surface area (Å²) in [7, 11) is 0. The molecule has 0 atom stereocenters. The van der Waals surface area contributed by atoms with Gasteiger partial charge in [0, 0.05) is 12.0 Å². The molecular weight excluding hydrogens is 250 g/mol. The maximum atomic E-state index is 11.9. The number of nitrogens with two attached hydrogens (primary N) is 1. The van der Waals surface area contributed by atoms with Gasteiger partial charge in [-0.05, 0) is 5.56 Å². The summed E-state index contributed by atoms with van der Waals surface area (Å²) in [6.45, 7) is 0.0936. The smallest absolute Gasteiger partial charge is 0.184 e. The van der Waals surface area contributed by atoms with Crippen LogP contribution in [-0.2, 0) is 6.42 Å². The Labute approximate surface area is 118 Å². The molecule has 0 aliphatic rings. The minimum absolute atomic E-state index is 0.0218. The van der Waals surface area contributed by atoms with Gasteiger partial charge in [-0.15, -0.1) is 0 Å². The average molecular weight is 267 g/mol. The second kappa shape index (κ2) is 7.21. The van der Waals surface area contributed by atoms with Gasteiger partial charge in [0.15, 0.2) is 5.78 Å². The van der Waals surface area contributed by atoms with E-state index < -0.39 is 0 Å². The zero-order valence-corrected chi connectivity index (χ0v) is 11.1. The number of Topliss-reactive ketones (excluding diaryl/α,β-unsaturated/α-hetero) is 1. The number of aliphatic imine (C=N–C) groups is 1. The first-order valence-electron chi connectivity index (χ1n) is 6.41. The number of hydrazine groups is 1. The number of rotatable bonds is 5. The van der Waals surface area contributed by atoms with E-state index in [1.807, 2.05) is 48.5 Å². The van der Waals surface area contributed by atoms with Crippen molar-refractivity contribution >= 4 is 11.6 Å². The molecule has 0 unspecified atom stereocenters. The summed E-state index contributed by atoms with van der Waals surface area (Å²) in [5, 5.41) is 0. The van der Waals surface area contributed by atoms with Crippen LogP contribution >= 0.6 is 0 Å². The molecule has 0 heterocycles. The van der Waals surface area contributed by atoms with Gasteiger partial charge in [0.05, 0.1) is 0 Å². The lowest BCUT2D eigenvalue weighted by Gasteiger charge is -2.06. The van der Waals surface area contributed by atoms with E-state index in [2.05, 4.69) is 10.4 Å². The number of nitrogens with one attached hydrogen (secondary N) is 1. The molecule has 102 valence electrons. The van der Waals surface area contributed by atoms with Crippen molar-refractivity contribution in [1.82, 2.24) is 5.43 Å². The van der Waals surface area contributed by atoms with Gasteiger partial charge < -0.3 is 5.43 Å². The summed E-state index contributed by atoms with van der Waals surface area (Å²) < 4.78 is 0. The number of carbonyl (C=O) groups is 1. The van der Waals surface area contributed by atoms with Crippen molar-refractivity contribution < 1.29 is 4.79 Å². The fraction of sp³-hybridized carbons (Fsp3) is 0.125. The maximum Gasteiger partial charge on any atom is 0.184 e. The molecule has 0 fully saturated rings. The van der Waals surface area contributed by atoms with Crippen LogP contribution in [0.5, 0.6) is 0 Å². The van der Waals surface area contributed by atoms with E-state index in [0.717, 1.165) is 5.56 Å². The normalized spacial score (nSPS) is 11.2. The SMILES string of the molecule is NNC(Cc1ccccc1)=NCC(=O)c1ccccc1. The predicted molar refractivity (Wildman–Crippen MR) is 80.5 cm³/mol. The molecule has 0 bridgehead atoms. The molecule has 0 saturated carbocycles. The number of amidine groups is 1. The molecule has 0 aliphatic heterocycles.